The van der Waals surface area contributed by atoms with Crippen LogP contribution in [-0.2, 0) is 0 Å². The van der Waals surface area contributed by atoms with Crippen LogP contribution in [0.1, 0.15) is 11.1 Å². The third-order valence-electron chi connectivity index (χ3n) is 2.07. The van der Waals surface area contributed by atoms with Crippen LogP contribution in [0.25, 0.3) is 12.2 Å². The van der Waals surface area contributed by atoms with Gasteiger partial charge in [0.1, 0.15) is 0 Å². The van der Waals surface area contributed by atoms with E-state index >= 15 is 0 Å². The zero-order chi connectivity index (χ0) is 9.64. The van der Waals surface area contributed by atoms with Gasteiger partial charge in [-0.3, -0.25) is 0 Å². The Labute approximate surface area is 113 Å². The summed E-state index contributed by atoms with van der Waals surface area (Å²) < 4.78 is 0. The zero-order valence-electron chi connectivity index (χ0n) is 8.93. The van der Waals surface area contributed by atoms with Crippen molar-refractivity contribution in [2.75, 3.05) is 0 Å². The Bertz CT molecular complexity index is 362. The fourth-order valence-electron chi connectivity index (χ4n) is 1.32. The summed E-state index contributed by atoms with van der Waals surface area (Å²) in [6, 6.07) is 20.6. The van der Waals surface area contributed by atoms with Gasteiger partial charge in [-0.2, -0.15) is 0 Å². The van der Waals surface area contributed by atoms with Crippen molar-refractivity contribution in [2.45, 2.75) is 0 Å². The molecule has 0 amide bonds. The summed E-state index contributed by atoms with van der Waals surface area (Å²) in [7, 11) is 0. The summed E-state index contributed by atoms with van der Waals surface area (Å²) in [6.45, 7) is 0. The normalized spacial score (nSPS) is 9.87. The van der Waals surface area contributed by atoms with E-state index in [2.05, 4.69) is 36.4 Å². The monoisotopic (exact) mass is 203 g/mol. The second kappa shape index (κ2) is 6.62. The molecule has 0 nitrogen and oxygen atoms in total. The minimum absolute atomic E-state index is 0. The van der Waals surface area contributed by atoms with Crippen LogP contribution >= 0.6 is 0 Å². The van der Waals surface area contributed by atoms with Gasteiger partial charge in [0.05, 0.1) is 0 Å². The third kappa shape index (κ3) is 4.05. The first kappa shape index (κ1) is 12.3. The van der Waals surface area contributed by atoms with Crippen LogP contribution in [0, 0.1) is 0 Å². The maximum Gasteiger partial charge on any atom is 0 e. The van der Waals surface area contributed by atoms with Crippen molar-refractivity contribution in [1.82, 2.24) is 0 Å². The molecule has 0 aliphatic carbocycles. The van der Waals surface area contributed by atoms with Crippen LogP contribution in [-0.4, -0.2) is 29.6 Å². The van der Waals surface area contributed by atoms with Gasteiger partial charge in [-0.15, -0.1) is 0 Å². The Kier molecular flexibility index (Phi) is 5.41. The number of hydrogen-bond acceptors (Lipinski definition) is 0. The summed E-state index contributed by atoms with van der Waals surface area (Å²) in [5, 5.41) is 0. The van der Waals surface area contributed by atoms with Crippen LogP contribution in [0.15, 0.2) is 60.7 Å². The topological polar surface area (TPSA) is 0 Å². The van der Waals surface area contributed by atoms with Gasteiger partial charge in [0, 0.05) is 29.6 Å². The van der Waals surface area contributed by atoms with Crippen molar-refractivity contribution in [2.24, 2.45) is 0 Å². The minimum Gasteiger partial charge on any atom is -0.0622 e. The van der Waals surface area contributed by atoms with Crippen molar-refractivity contribution in [3.8, 4) is 0 Å². The molecule has 0 fully saturated rings. The van der Waals surface area contributed by atoms with Gasteiger partial charge >= 0.3 is 0 Å². The predicted octanol–water partition coefficient (Wildman–Crippen LogP) is 3.48. The molecular formula is C14H12Na. The van der Waals surface area contributed by atoms with Crippen molar-refractivity contribution in [3.05, 3.63) is 71.8 Å². The Morgan fingerprint density at radius 1 is 0.533 bits per heavy atom. The average Bonchev–Trinajstić information content (AvgIpc) is 2.29. The number of rotatable bonds is 2. The fourth-order valence-corrected chi connectivity index (χ4v) is 1.32. The first-order valence-corrected chi connectivity index (χ1v) is 4.73. The Morgan fingerprint density at radius 2 is 0.867 bits per heavy atom. The van der Waals surface area contributed by atoms with E-state index in [1.165, 1.54) is 11.1 Å². The molecule has 0 N–H and O–H groups in total. The van der Waals surface area contributed by atoms with Gasteiger partial charge in [-0.05, 0) is 11.1 Å². The van der Waals surface area contributed by atoms with Gasteiger partial charge in [0.2, 0.25) is 0 Å². The molecule has 1 radical (unpaired) electrons. The molecule has 2 rings (SSSR count). The first-order chi connectivity index (χ1) is 6.95. The van der Waals surface area contributed by atoms with Crippen LogP contribution in [0.3, 0.4) is 0 Å². The molecule has 69 valence electrons. The SMILES string of the molecule is C(=Cc1ccccc1)c1ccccc1.[Na]. The van der Waals surface area contributed by atoms with Gasteiger partial charge < -0.3 is 0 Å². The van der Waals surface area contributed by atoms with E-state index in [-0.39, 0.29) is 29.6 Å². The molecular weight excluding hydrogens is 191 g/mol. The molecule has 0 spiro atoms. The second-order valence-electron chi connectivity index (χ2n) is 3.15. The van der Waals surface area contributed by atoms with E-state index in [0.717, 1.165) is 0 Å². The first-order valence-electron chi connectivity index (χ1n) is 4.73. The van der Waals surface area contributed by atoms with E-state index in [1.54, 1.807) is 0 Å². The molecule has 0 bridgehead atoms. The standard InChI is InChI=1S/C14H12.Na/c1-3-7-13(8-4-1)11-12-14-9-5-2-6-10-14;/h1-12H;. The van der Waals surface area contributed by atoms with Gasteiger partial charge in [-0.1, -0.05) is 72.8 Å². The Balaban J connectivity index is 0.00000112. The van der Waals surface area contributed by atoms with Crippen LogP contribution in [0.2, 0.25) is 0 Å². The molecule has 0 aromatic heterocycles. The van der Waals surface area contributed by atoms with E-state index < -0.39 is 0 Å². The third-order valence-corrected chi connectivity index (χ3v) is 2.07. The van der Waals surface area contributed by atoms with Crippen molar-refractivity contribution in [1.29, 1.82) is 0 Å². The second-order valence-corrected chi connectivity index (χ2v) is 3.15. The van der Waals surface area contributed by atoms with E-state index in [0.29, 0.717) is 0 Å². The Hall–Kier alpha value is -0.820. The summed E-state index contributed by atoms with van der Waals surface area (Å²) in [5.74, 6) is 0. The van der Waals surface area contributed by atoms with Gasteiger partial charge in [0.15, 0.2) is 0 Å². The van der Waals surface area contributed by atoms with Crippen LogP contribution < -0.4 is 0 Å². The van der Waals surface area contributed by atoms with E-state index in [9.17, 15) is 0 Å². The summed E-state index contributed by atoms with van der Waals surface area (Å²) in [6.07, 6.45) is 4.24. The zero-order valence-corrected chi connectivity index (χ0v) is 10.9. The molecule has 0 saturated carbocycles. The Morgan fingerprint density at radius 3 is 1.20 bits per heavy atom. The summed E-state index contributed by atoms with van der Waals surface area (Å²) in [5.41, 5.74) is 2.47. The molecule has 0 atom stereocenters. The molecule has 0 unspecified atom stereocenters. The predicted molar refractivity (Wildman–Crippen MR) is 67.6 cm³/mol. The smallest absolute Gasteiger partial charge is 0 e. The van der Waals surface area contributed by atoms with Crippen molar-refractivity contribution >= 4 is 41.7 Å². The maximum absolute atomic E-state index is 2.12. The number of hydrogen-bond donors (Lipinski definition) is 0. The fraction of sp³-hybridized carbons (Fsp3) is 0. The minimum atomic E-state index is 0. The summed E-state index contributed by atoms with van der Waals surface area (Å²) in [4.78, 5) is 0. The molecule has 0 aliphatic rings. The molecule has 2 aromatic carbocycles. The van der Waals surface area contributed by atoms with Crippen molar-refractivity contribution in [3.63, 3.8) is 0 Å². The molecule has 0 saturated heterocycles. The average molecular weight is 203 g/mol. The van der Waals surface area contributed by atoms with Gasteiger partial charge in [0.25, 0.3) is 0 Å². The largest absolute Gasteiger partial charge is 0.0622 e. The molecule has 15 heavy (non-hydrogen) atoms. The van der Waals surface area contributed by atoms with E-state index in [1.807, 2.05) is 36.4 Å². The van der Waals surface area contributed by atoms with Crippen molar-refractivity contribution < 1.29 is 0 Å². The van der Waals surface area contributed by atoms with E-state index in [4.69, 9.17) is 0 Å². The summed E-state index contributed by atoms with van der Waals surface area (Å²) >= 11 is 0. The quantitative estimate of drug-likeness (QED) is 0.518. The number of benzene rings is 2. The van der Waals surface area contributed by atoms with Gasteiger partial charge in [-0.25, -0.2) is 0 Å². The molecule has 0 heterocycles. The molecule has 2 aromatic rings. The molecule has 1 heteroatoms. The molecule has 0 aliphatic heterocycles. The van der Waals surface area contributed by atoms with Crippen LogP contribution in [0.5, 0.6) is 0 Å². The van der Waals surface area contributed by atoms with Crippen LogP contribution in [0.4, 0.5) is 0 Å². The maximum atomic E-state index is 2.12.